The molecule has 4 rings (SSSR count). The summed E-state index contributed by atoms with van der Waals surface area (Å²) in [7, 11) is 3.20. The van der Waals surface area contributed by atoms with Crippen molar-refractivity contribution < 1.29 is 29.1 Å². The Morgan fingerprint density at radius 2 is 1.45 bits per heavy atom. The smallest absolute Gasteiger partial charge is 0.326 e. The monoisotopic (exact) mass is 709 g/mol. The first-order valence-electron chi connectivity index (χ1n) is 16.2. The second-order valence-corrected chi connectivity index (χ2v) is 11.9. The Morgan fingerprint density at radius 3 is 2.06 bits per heavy atom. The van der Waals surface area contributed by atoms with Crippen LogP contribution in [0.3, 0.4) is 0 Å². The van der Waals surface area contributed by atoms with Gasteiger partial charge < -0.3 is 57.3 Å². The van der Waals surface area contributed by atoms with Crippen molar-refractivity contribution in [3.8, 4) is 0 Å². The summed E-state index contributed by atoms with van der Waals surface area (Å²) >= 11 is 0. The summed E-state index contributed by atoms with van der Waals surface area (Å²) in [5.41, 5.74) is 17.2. The molecule has 4 heterocycles. The molecule has 0 radical (unpaired) electrons. The lowest BCUT2D eigenvalue weighted by molar-refractivity contribution is -0.142. The minimum atomic E-state index is -1.19. The van der Waals surface area contributed by atoms with Crippen LogP contribution in [-0.2, 0) is 35.0 Å². The molecule has 0 aliphatic heterocycles. The van der Waals surface area contributed by atoms with Crippen LogP contribution >= 0.6 is 0 Å². The second-order valence-electron chi connectivity index (χ2n) is 11.9. The van der Waals surface area contributed by atoms with E-state index in [-0.39, 0.29) is 53.6 Å². The normalized spacial score (nSPS) is 12.3. The number of carbonyl (C=O) groups excluding carboxylic acids is 4. The Labute approximate surface area is 291 Å². The molecule has 20 nitrogen and oxygen atoms in total. The molecule has 4 aromatic rings. The van der Waals surface area contributed by atoms with Crippen molar-refractivity contribution in [2.24, 2.45) is 25.6 Å². The topological polar surface area (TPSA) is 305 Å². The molecule has 0 unspecified atom stereocenters. The lowest BCUT2D eigenvalue weighted by atomic mass is 10.1. The van der Waals surface area contributed by atoms with Gasteiger partial charge >= 0.3 is 5.97 Å². The molecule has 4 amide bonds. The summed E-state index contributed by atoms with van der Waals surface area (Å²) < 4.78 is 4.29. The maximum Gasteiger partial charge on any atom is 0.326 e. The number of nitrogen functional groups attached to an aromatic ring is 1. The number of aliphatic carboxylic acids is 1. The fourth-order valence-electron chi connectivity index (χ4n) is 5.41. The van der Waals surface area contributed by atoms with Gasteiger partial charge in [-0.05, 0) is 63.7 Å². The van der Waals surface area contributed by atoms with E-state index in [0.717, 1.165) is 0 Å². The number of carboxylic acid groups (broad SMARTS) is 1. The number of imidazole rings is 1. The van der Waals surface area contributed by atoms with Crippen LogP contribution in [-0.4, -0.2) is 88.5 Å². The van der Waals surface area contributed by atoms with E-state index in [1.807, 2.05) is 0 Å². The number of rotatable bonds is 18. The number of H-pyrrole nitrogens is 1. The number of nitrogens with two attached hydrogens (primary N) is 3. The molecule has 2 atom stereocenters. The van der Waals surface area contributed by atoms with Gasteiger partial charge in [0.2, 0.25) is 17.8 Å². The molecule has 4 aromatic heterocycles. The lowest BCUT2D eigenvalue weighted by Crippen LogP contribution is -2.51. The largest absolute Gasteiger partial charge is 0.480 e. The Bertz CT molecular complexity index is 1960. The number of hydrogen-bond donors (Lipinski definition) is 9. The molecule has 0 saturated heterocycles. The second kappa shape index (κ2) is 17.1. The van der Waals surface area contributed by atoms with Crippen LogP contribution in [0.5, 0.6) is 0 Å². The fraction of sp³-hybridized carbons (Fsp3) is 0.419. The van der Waals surface area contributed by atoms with Crippen molar-refractivity contribution in [2.75, 3.05) is 29.5 Å². The minimum absolute atomic E-state index is 0.0784. The van der Waals surface area contributed by atoms with E-state index in [1.165, 1.54) is 44.6 Å². The SMILES string of the molecule is Cn1cc(NC(=O)Cn2cnc3nc(N)[nH]c(=O)c32)cc1C(=O)Nc1cc(C(=O)N[C@@H](CCCCN)C(=O)N[C@@H](CCCCN)C(=O)O)n(C)c1. The fourth-order valence-corrected chi connectivity index (χ4v) is 5.41. The number of amides is 4. The highest BCUT2D eigenvalue weighted by Gasteiger charge is 2.27. The molecule has 0 bridgehead atoms. The highest BCUT2D eigenvalue weighted by Crippen LogP contribution is 2.18. The van der Waals surface area contributed by atoms with Gasteiger partial charge in [0.05, 0.1) is 17.7 Å². The van der Waals surface area contributed by atoms with Gasteiger partial charge in [0.25, 0.3) is 17.4 Å². The van der Waals surface area contributed by atoms with Crippen molar-refractivity contribution in [2.45, 2.75) is 57.2 Å². The molecule has 12 N–H and O–H groups in total. The molecule has 0 aromatic carbocycles. The Morgan fingerprint density at radius 1 is 0.863 bits per heavy atom. The molecule has 0 aliphatic rings. The Balaban J connectivity index is 1.40. The number of anilines is 3. The molecule has 20 heteroatoms. The van der Waals surface area contributed by atoms with E-state index in [9.17, 15) is 33.9 Å². The van der Waals surface area contributed by atoms with E-state index in [0.29, 0.717) is 44.5 Å². The van der Waals surface area contributed by atoms with Gasteiger partial charge in [0.15, 0.2) is 11.2 Å². The van der Waals surface area contributed by atoms with Crippen LogP contribution in [0.1, 0.15) is 59.5 Å². The van der Waals surface area contributed by atoms with Crippen LogP contribution in [0, 0.1) is 0 Å². The zero-order chi connectivity index (χ0) is 37.2. The standard InChI is InChI=1S/C31H43N13O7/c1-42-13-17(36-23(45)15-44-16-35-25-24(44)29(49)41-31(34)40-25)11-21(42)27(47)37-18-12-22(43(2)14-18)28(48)38-19(7-3-5-9-32)26(46)39-20(30(50)51)8-4-6-10-33/h11-14,16,19-20H,3-10,15,32-33H2,1-2H3,(H,36,45)(H,37,47)(H,38,48)(H,39,46)(H,50,51)(H3,34,40,41,49)/t19-,20-/m0/s1. The predicted molar refractivity (Wildman–Crippen MR) is 187 cm³/mol. The summed E-state index contributed by atoms with van der Waals surface area (Å²) in [5, 5.41) is 20.2. The maximum atomic E-state index is 13.3. The molecular formula is C31H43N13O7. The molecule has 0 aliphatic carbocycles. The summed E-state index contributed by atoms with van der Waals surface area (Å²) in [4.78, 5) is 86.8. The first-order valence-corrected chi connectivity index (χ1v) is 16.2. The van der Waals surface area contributed by atoms with E-state index in [1.54, 1.807) is 14.1 Å². The zero-order valence-electron chi connectivity index (χ0n) is 28.3. The average Bonchev–Trinajstić information content (AvgIpc) is 3.75. The summed E-state index contributed by atoms with van der Waals surface area (Å²) in [6.45, 7) is 0.517. The third kappa shape index (κ3) is 9.79. The molecule has 0 fully saturated rings. The number of nitrogens with zero attached hydrogens (tertiary/aromatic N) is 5. The number of carboxylic acids is 1. The van der Waals surface area contributed by atoms with Crippen LogP contribution in [0.4, 0.5) is 17.3 Å². The number of aromatic amines is 1. The quantitative estimate of drug-likeness (QED) is 0.0574. The van der Waals surface area contributed by atoms with Crippen molar-refractivity contribution in [1.82, 2.24) is 39.3 Å². The van der Waals surface area contributed by atoms with Gasteiger partial charge in [-0.25, -0.2) is 9.78 Å². The summed E-state index contributed by atoms with van der Waals surface area (Å²) in [5.74, 6) is -3.58. The van der Waals surface area contributed by atoms with Crippen molar-refractivity contribution in [3.63, 3.8) is 0 Å². The molecule has 0 spiro atoms. The lowest BCUT2D eigenvalue weighted by Gasteiger charge is -2.21. The number of unbranched alkanes of at least 4 members (excludes halogenated alkanes) is 2. The van der Waals surface area contributed by atoms with E-state index >= 15 is 0 Å². The van der Waals surface area contributed by atoms with Crippen LogP contribution in [0.25, 0.3) is 11.2 Å². The molecule has 274 valence electrons. The van der Waals surface area contributed by atoms with Crippen LogP contribution < -0.4 is 44.0 Å². The Hall–Kier alpha value is -6.02. The maximum absolute atomic E-state index is 13.3. The van der Waals surface area contributed by atoms with Gasteiger partial charge in [0.1, 0.15) is 30.0 Å². The van der Waals surface area contributed by atoms with E-state index in [4.69, 9.17) is 17.2 Å². The van der Waals surface area contributed by atoms with Gasteiger partial charge in [-0.3, -0.25) is 29.0 Å². The molecular weight excluding hydrogens is 666 g/mol. The zero-order valence-corrected chi connectivity index (χ0v) is 28.3. The van der Waals surface area contributed by atoms with E-state index < -0.39 is 47.2 Å². The number of nitrogens with one attached hydrogen (secondary N) is 5. The van der Waals surface area contributed by atoms with Gasteiger partial charge in [-0.1, -0.05) is 0 Å². The van der Waals surface area contributed by atoms with Gasteiger partial charge in [0, 0.05) is 26.5 Å². The number of carbonyl (C=O) groups is 5. The number of aromatic nitrogens is 6. The number of aryl methyl sites for hydroxylation is 2. The summed E-state index contributed by atoms with van der Waals surface area (Å²) in [6, 6.07) is 0.714. The van der Waals surface area contributed by atoms with Gasteiger partial charge in [-0.2, -0.15) is 4.98 Å². The van der Waals surface area contributed by atoms with Gasteiger partial charge in [-0.15, -0.1) is 0 Å². The highest BCUT2D eigenvalue weighted by molar-refractivity contribution is 6.05. The molecule has 51 heavy (non-hydrogen) atoms. The van der Waals surface area contributed by atoms with Crippen molar-refractivity contribution >= 4 is 58.1 Å². The average molecular weight is 710 g/mol. The van der Waals surface area contributed by atoms with Crippen LogP contribution in [0.2, 0.25) is 0 Å². The van der Waals surface area contributed by atoms with Crippen LogP contribution in [0.15, 0.2) is 35.6 Å². The summed E-state index contributed by atoms with van der Waals surface area (Å²) in [6.07, 6.45) is 6.98. The predicted octanol–water partition coefficient (Wildman–Crippen LogP) is -0.804. The first-order chi connectivity index (χ1) is 24.3. The highest BCUT2D eigenvalue weighted by atomic mass is 16.4. The van der Waals surface area contributed by atoms with Crippen molar-refractivity contribution in [1.29, 1.82) is 0 Å². The minimum Gasteiger partial charge on any atom is -0.480 e. The third-order valence-electron chi connectivity index (χ3n) is 7.96. The van der Waals surface area contributed by atoms with Crippen molar-refractivity contribution in [3.05, 3.63) is 52.6 Å². The Kier molecular flexibility index (Phi) is 12.7. The van der Waals surface area contributed by atoms with E-state index in [2.05, 4.69) is 36.2 Å². The first kappa shape index (κ1) is 37.8. The number of fused-ring (bicyclic) bond motifs is 1. The number of hydrogen-bond acceptors (Lipinski definition) is 11. The molecule has 0 saturated carbocycles. The third-order valence-corrected chi connectivity index (χ3v) is 7.96.